The lowest BCUT2D eigenvalue weighted by molar-refractivity contribution is 0.348. The predicted molar refractivity (Wildman–Crippen MR) is 49.3 cm³/mol. The van der Waals surface area contributed by atoms with E-state index in [1.165, 1.54) is 0 Å². The van der Waals surface area contributed by atoms with Crippen LogP contribution in [0.4, 0.5) is 0 Å². The van der Waals surface area contributed by atoms with E-state index >= 15 is 0 Å². The highest BCUT2D eigenvalue weighted by Crippen LogP contribution is 2.32. The lowest BCUT2D eigenvalue weighted by Gasteiger charge is -2.02. The third-order valence-corrected chi connectivity index (χ3v) is 3.09. The Morgan fingerprint density at radius 3 is 3.08 bits per heavy atom. The van der Waals surface area contributed by atoms with E-state index in [4.69, 9.17) is 4.74 Å². The number of ether oxygens (including phenoxy) is 1. The van der Waals surface area contributed by atoms with Gasteiger partial charge in [0.2, 0.25) is 0 Å². The van der Waals surface area contributed by atoms with Crippen LogP contribution in [0.1, 0.15) is 6.92 Å². The molecule has 0 N–H and O–H groups in total. The molecule has 1 aromatic heterocycles. The fourth-order valence-corrected chi connectivity index (χ4v) is 1.80. The molecule has 2 nitrogen and oxygen atoms in total. The van der Waals surface area contributed by atoms with Gasteiger partial charge in [-0.2, -0.15) is 0 Å². The first-order valence-corrected chi connectivity index (χ1v) is 4.95. The van der Waals surface area contributed by atoms with E-state index in [0.29, 0.717) is 0 Å². The molecule has 1 aliphatic heterocycles. The molecular formula is C9H11NOS. The Morgan fingerprint density at radius 2 is 2.50 bits per heavy atom. The fraction of sp³-hybridized carbons (Fsp3) is 0.444. The Kier molecular flexibility index (Phi) is 2.07. The predicted octanol–water partition coefficient (Wildman–Crippen LogP) is 1.96. The van der Waals surface area contributed by atoms with Crippen molar-refractivity contribution in [2.75, 3.05) is 12.4 Å². The Hall–Kier alpha value is -0.540. The van der Waals surface area contributed by atoms with E-state index in [1.54, 1.807) is 11.8 Å². The van der Waals surface area contributed by atoms with Crippen LogP contribution in [0.2, 0.25) is 0 Å². The zero-order valence-electron chi connectivity index (χ0n) is 6.99. The average molecular weight is 181 g/mol. The average Bonchev–Trinajstić information content (AvgIpc) is 2.84. The molecule has 1 unspecified atom stereocenters. The van der Waals surface area contributed by atoms with Crippen LogP contribution in [-0.2, 0) is 4.74 Å². The van der Waals surface area contributed by atoms with Gasteiger partial charge in [-0.15, -0.1) is 11.8 Å². The lowest BCUT2D eigenvalue weighted by atomic mass is 10.3. The van der Waals surface area contributed by atoms with Crippen molar-refractivity contribution in [1.82, 2.24) is 4.98 Å². The van der Waals surface area contributed by atoms with Gasteiger partial charge >= 0.3 is 0 Å². The highest BCUT2D eigenvalue weighted by Gasteiger charge is 2.39. The van der Waals surface area contributed by atoms with Gasteiger partial charge in [-0.05, 0) is 19.1 Å². The number of thioether (sulfide) groups is 1. The maximum atomic E-state index is 5.27. The van der Waals surface area contributed by atoms with Crippen molar-refractivity contribution in [3.05, 3.63) is 24.4 Å². The molecule has 1 atom stereocenters. The molecule has 0 spiro atoms. The second-order valence-electron chi connectivity index (χ2n) is 3.20. The van der Waals surface area contributed by atoms with E-state index in [-0.39, 0.29) is 5.60 Å². The highest BCUT2D eigenvalue weighted by molar-refractivity contribution is 7.99. The normalized spacial score (nSPS) is 27.1. The van der Waals surface area contributed by atoms with Gasteiger partial charge in [-0.1, -0.05) is 6.07 Å². The number of nitrogens with zero attached hydrogens (tertiary/aromatic N) is 1. The molecule has 0 saturated carbocycles. The number of pyridine rings is 1. The molecule has 2 rings (SSSR count). The van der Waals surface area contributed by atoms with E-state index in [1.807, 2.05) is 24.4 Å². The van der Waals surface area contributed by atoms with Gasteiger partial charge in [0.15, 0.2) is 0 Å². The number of hydrogen-bond donors (Lipinski definition) is 0. The molecule has 12 heavy (non-hydrogen) atoms. The molecule has 64 valence electrons. The van der Waals surface area contributed by atoms with E-state index in [9.17, 15) is 0 Å². The van der Waals surface area contributed by atoms with Crippen LogP contribution in [0.5, 0.6) is 0 Å². The number of hydrogen-bond acceptors (Lipinski definition) is 3. The lowest BCUT2D eigenvalue weighted by Crippen LogP contribution is -2.07. The Balaban J connectivity index is 1.88. The molecule has 0 aromatic carbocycles. The summed E-state index contributed by atoms with van der Waals surface area (Å²) in [5, 5.41) is 1.08. The highest BCUT2D eigenvalue weighted by atomic mass is 32.2. The second-order valence-corrected chi connectivity index (χ2v) is 4.19. The summed E-state index contributed by atoms with van der Waals surface area (Å²) in [6.07, 6.45) is 1.82. The summed E-state index contributed by atoms with van der Waals surface area (Å²) in [4.78, 5) is 4.22. The molecule has 0 aliphatic carbocycles. The summed E-state index contributed by atoms with van der Waals surface area (Å²) < 4.78 is 5.27. The minimum Gasteiger partial charge on any atom is -0.369 e. The van der Waals surface area contributed by atoms with Gasteiger partial charge in [-0.3, -0.25) is 0 Å². The molecule has 0 amide bonds. The molecule has 0 bridgehead atoms. The molecule has 1 aromatic rings. The van der Waals surface area contributed by atoms with Crippen LogP contribution in [-0.4, -0.2) is 22.9 Å². The molecule has 0 radical (unpaired) electrons. The van der Waals surface area contributed by atoms with Gasteiger partial charge in [0.25, 0.3) is 0 Å². The Morgan fingerprint density at radius 1 is 1.67 bits per heavy atom. The Labute approximate surface area is 76.3 Å². The third kappa shape index (κ3) is 1.99. The molecule has 1 saturated heterocycles. The largest absolute Gasteiger partial charge is 0.369 e. The molecule has 2 heterocycles. The van der Waals surface area contributed by atoms with E-state index < -0.39 is 0 Å². The standard InChI is InChI=1S/C9H11NOS/c1-9(6-11-9)7-12-8-4-2-3-5-10-8/h2-5H,6-7H2,1H3. The van der Waals surface area contributed by atoms with Crippen LogP contribution >= 0.6 is 11.8 Å². The van der Waals surface area contributed by atoms with Crippen LogP contribution < -0.4 is 0 Å². The van der Waals surface area contributed by atoms with Gasteiger partial charge in [0.1, 0.15) is 0 Å². The first-order chi connectivity index (χ1) is 5.79. The van der Waals surface area contributed by atoms with Crippen molar-refractivity contribution in [3.63, 3.8) is 0 Å². The van der Waals surface area contributed by atoms with E-state index in [0.717, 1.165) is 17.4 Å². The van der Waals surface area contributed by atoms with Crippen molar-refractivity contribution in [2.24, 2.45) is 0 Å². The minimum atomic E-state index is 0.127. The molecular weight excluding hydrogens is 170 g/mol. The van der Waals surface area contributed by atoms with Gasteiger partial charge in [0.05, 0.1) is 17.2 Å². The van der Waals surface area contributed by atoms with Crippen molar-refractivity contribution in [1.29, 1.82) is 0 Å². The smallest absolute Gasteiger partial charge is 0.0982 e. The first-order valence-electron chi connectivity index (χ1n) is 3.96. The molecule has 1 aliphatic rings. The second kappa shape index (κ2) is 3.07. The first kappa shape index (κ1) is 8.08. The molecule has 3 heteroatoms. The van der Waals surface area contributed by atoms with Crippen LogP contribution in [0.15, 0.2) is 29.4 Å². The Bertz CT molecular complexity index is 258. The van der Waals surface area contributed by atoms with Crippen molar-refractivity contribution >= 4 is 11.8 Å². The summed E-state index contributed by atoms with van der Waals surface area (Å²) in [6.45, 7) is 3.02. The fourth-order valence-electron chi connectivity index (χ4n) is 0.866. The van der Waals surface area contributed by atoms with Crippen LogP contribution in [0, 0.1) is 0 Å². The monoisotopic (exact) mass is 181 g/mol. The van der Waals surface area contributed by atoms with Crippen LogP contribution in [0.3, 0.4) is 0 Å². The molecule has 1 fully saturated rings. The minimum absolute atomic E-state index is 0.127. The summed E-state index contributed by atoms with van der Waals surface area (Å²) >= 11 is 1.75. The number of epoxide rings is 1. The quantitative estimate of drug-likeness (QED) is 0.526. The number of aromatic nitrogens is 1. The topological polar surface area (TPSA) is 25.4 Å². The number of rotatable bonds is 3. The van der Waals surface area contributed by atoms with Crippen LogP contribution in [0.25, 0.3) is 0 Å². The van der Waals surface area contributed by atoms with Crippen molar-refractivity contribution < 1.29 is 4.74 Å². The summed E-state index contributed by atoms with van der Waals surface area (Å²) in [5.74, 6) is 1.00. The van der Waals surface area contributed by atoms with Gasteiger partial charge < -0.3 is 4.74 Å². The summed E-state index contributed by atoms with van der Waals surface area (Å²) in [6, 6.07) is 5.96. The zero-order chi connectivity index (χ0) is 8.44. The van der Waals surface area contributed by atoms with Gasteiger partial charge in [-0.25, -0.2) is 4.98 Å². The maximum absolute atomic E-state index is 5.27. The van der Waals surface area contributed by atoms with Gasteiger partial charge in [0, 0.05) is 11.9 Å². The zero-order valence-corrected chi connectivity index (χ0v) is 7.80. The SMILES string of the molecule is CC1(CSc2ccccn2)CO1. The summed E-state index contributed by atoms with van der Waals surface area (Å²) in [7, 11) is 0. The maximum Gasteiger partial charge on any atom is 0.0982 e. The third-order valence-electron chi connectivity index (χ3n) is 1.80. The van der Waals surface area contributed by atoms with Crippen molar-refractivity contribution in [3.8, 4) is 0 Å². The summed E-state index contributed by atoms with van der Waals surface area (Å²) in [5.41, 5.74) is 0.127. The van der Waals surface area contributed by atoms with E-state index in [2.05, 4.69) is 11.9 Å². The van der Waals surface area contributed by atoms with Crippen molar-refractivity contribution in [2.45, 2.75) is 17.6 Å².